The van der Waals surface area contributed by atoms with Gasteiger partial charge in [0, 0.05) is 11.6 Å². The fourth-order valence-corrected chi connectivity index (χ4v) is 2.55. The highest BCUT2D eigenvalue weighted by molar-refractivity contribution is 5.86. The van der Waals surface area contributed by atoms with Gasteiger partial charge in [-0.15, -0.1) is 0 Å². The van der Waals surface area contributed by atoms with Crippen molar-refractivity contribution < 1.29 is 23.7 Å². The van der Waals surface area contributed by atoms with Crippen molar-refractivity contribution >= 4 is 12.1 Å². The average molecular weight is 386 g/mol. The number of carbonyl (C=O) groups is 1. The molecule has 0 heterocycles. The summed E-state index contributed by atoms with van der Waals surface area (Å²) in [6, 6.07) is 10.8. The third kappa shape index (κ3) is 5.90. The predicted octanol–water partition coefficient (Wildman–Crippen LogP) is 3.19. The second kappa shape index (κ2) is 10.8. The lowest BCUT2D eigenvalue weighted by atomic mass is 10.1. The van der Waals surface area contributed by atoms with Gasteiger partial charge < -0.3 is 18.9 Å². The first kappa shape index (κ1) is 21.1. The monoisotopic (exact) mass is 386 g/mol. The Kier molecular flexibility index (Phi) is 8.14. The molecular weight excluding hydrogens is 360 g/mol. The molecule has 0 radical (unpaired) electrons. The minimum atomic E-state index is -0.243. The van der Waals surface area contributed by atoms with E-state index in [1.54, 1.807) is 38.6 Å². The molecule has 0 fully saturated rings. The summed E-state index contributed by atoms with van der Waals surface area (Å²) in [7, 11) is 3.12. The SMILES string of the molecule is CCOc1ccc(/C=N/NC(=O)Cc2ccc(OC)c(OC)c2)c(OCC)c1. The van der Waals surface area contributed by atoms with E-state index < -0.39 is 0 Å². The van der Waals surface area contributed by atoms with Crippen LogP contribution in [-0.4, -0.2) is 39.6 Å². The second-order valence-corrected chi connectivity index (χ2v) is 5.72. The van der Waals surface area contributed by atoms with E-state index in [2.05, 4.69) is 10.5 Å². The Morgan fingerprint density at radius 2 is 1.71 bits per heavy atom. The van der Waals surface area contributed by atoms with Gasteiger partial charge in [0.15, 0.2) is 11.5 Å². The zero-order valence-electron chi connectivity index (χ0n) is 16.7. The van der Waals surface area contributed by atoms with Crippen LogP contribution in [0.3, 0.4) is 0 Å². The van der Waals surface area contributed by atoms with E-state index in [1.165, 1.54) is 0 Å². The lowest BCUT2D eigenvalue weighted by Crippen LogP contribution is -2.19. The van der Waals surface area contributed by atoms with Crippen molar-refractivity contribution in [3.05, 3.63) is 47.5 Å². The summed E-state index contributed by atoms with van der Waals surface area (Å²) in [6.07, 6.45) is 1.71. The number of hydrogen-bond acceptors (Lipinski definition) is 6. The van der Waals surface area contributed by atoms with Gasteiger partial charge in [-0.05, 0) is 43.7 Å². The topological polar surface area (TPSA) is 78.4 Å². The van der Waals surface area contributed by atoms with E-state index in [1.807, 2.05) is 32.0 Å². The number of nitrogens with one attached hydrogen (secondary N) is 1. The van der Waals surface area contributed by atoms with Crippen LogP contribution in [0.15, 0.2) is 41.5 Å². The Morgan fingerprint density at radius 1 is 0.964 bits per heavy atom. The molecule has 2 rings (SSSR count). The molecule has 150 valence electrons. The molecule has 0 aliphatic rings. The van der Waals surface area contributed by atoms with Crippen LogP contribution in [0.1, 0.15) is 25.0 Å². The minimum absolute atomic E-state index is 0.166. The number of amides is 1. The van der Waals surface area contributed by atoms with Gasteiger partial charge in [0.1, 0.15) is 11.5 Å². The predicted molar refractivity (Wildman–Crippen MR) is 108 cm³/mol. The smallest absolute Gasteiger partial charge is 0.244 e. The fourth-order valence-electron chi connectivity index (χ4n) is 2.55. The van der Waals surface area contributed by atoms with Crippen molar-refractivity contribution in [3.63, 3.8) is 0 Å². The number of hydrazone groups is 1. The van der Waals surface area contributed by atoms with Gasteiger partial charge in [-0.2, -0.15) is 5.10 Å². The van der Waals surface area contributed by atoms with E-state index in [0.29, 0.717) is 30.5 Å². The number of carbonyl (C=O) groups excluding carboxylic acids is 1. The van der Waals surface area contributed by atoms with E-state index >= 15 is 0 Å². The highest BCUT2D eigenvalue weighted by atomic mass is 16.5. The third-order valence-electron chi connectivity index (χ3n) is 3.80. The molecule has 7 heteroatoms. The first-order valence-electron chi connectivity index (χ1n) is 9.03. The van der Waals surface area contributed by atoms with Gasteiger partial charge in [0.25, 0.3) is 0 Å². The molecule has 1 amide bonds. The average Bonchev–Trinajstić information content (AvgIpc) is 2.70. The molecule has 0 saturated heterocycles. The Balaban J connectivity index is 2.01. The molecule has 28 heavy (non-hydrogen) atoms. The highest BCUT2D eigenvalue weighted by Crippen LogP contribution is 2.27. The summed E-state index contributed by atoms with van der Waals surface area (Å²) in [5.74, 6) is 2.31. The van der Waals surface area contributed by atoms with Crippen molar-refractivity contribution in [1.82, 2.24) is 5.43 Å². The van der Waals surface area contributed by atoms with Crippen molar-refractivity contribution in [1.29, 1.82) is 0 Å². The molecule has 0 bridgehead atoms. The number of hydrogen-bond donors (Lipinski definition) is 1. The maximum atomic E-state index is 12.2. The first-order valence-corrected chi connectivity index (χ1v) is 9.03. The molecule has 0 atom stereocenters. The summed E-state index contributed by atoms with van der Waals surface area (Å²) >= 11 is 0. The molecule has 0 spiro atoms. The Labute approximate surface area is 165 Å². The summed E-state index contributed by atoms with van der Waals surface area (Å²) in [5, 5.41) is 4.03. The fraction of sp³-hybridized carbons (Fsp3) is 0.333. The van der Waals surface area contributed by atoms with Crippen LogP contribution in [0.2, 0.25) is 0 Å². The Hall–Kier alpha value is -3.22. The molecule has 0 unspecified atom stereocenters. The van der Waals surface area contributed by atoms with Gasteiger partial charge in [0.05, 0.1) is 40.1 Å². The van der Waals surface area contributed by atoms with Gasteiger partial charge in [-0.1, -0.05) is 6.07 Å². The zero-order valence-corrected chi connectivity index (χ0v) is 16.7. The van der Waals surface area contributed by atoms with Gasteiger partial charge in [-0.25, -0.2) is 5.43 Å². The molecule has 2 aromatic carbocycles. The maximum absolute atomic E-state index is 12.2. The maximum Gasteiger partial charge on any atom is 0.244 e. The zero-order chi connectivity index (χ0) is 20.4. The van der Waals surface area contributed by atoms with Gasteiger partial charge >= 0.3 is 0 Å². The number of benzene rings is 2. The number of methoxy groups -OCH3 is 2. The number of rotatable bonds is 10. The molecular formula is C21H26N2O5. The summed E-state index contributed by atoms with van der Waals surface area (Å²) < 4.78 is 21.5. The molecule has 0 aliphatic carbocycles. The molecule has 7 nitrogen and oxygen atoms in total. The largest absolute Gasteiger partial charge is 0.494 e. The Morgan fingerprint density at radius 3 is 2.39 bits per heavy atom. The third-order valence-corrected chi connectivity index (χ3v) is 3.80. The Bertz CT molecular complexity index is 820. The molecule has 0 aliphatic heterocycles. The van der Waals surface area contributed by atoms with Crippen LogP contribution in [0.5, 0.6) is 23.0 Å². The number of ether oxygens (including phenoxy) is 4. The standard InChI is InChI=1S/C21H26N2O5/c1-5-27-17-9-8-16(19(13-17)28-6-2)14-22-23-21(24)12-15-7-10-18(25-3)20(11-15)26-4/h7-11,13-14H,5-6,12H2,1-4H3,(H,23,24)/b22-14+. The molecule has 0 saturated carbocycles. The van der Waals surface area contributed by atoms with Crippen LogP contribution in [-0.2, 0) is 11.2 Å². The second-order valence-electron chi connectivity index (χ2n) is 5.72. The summed E-state index contributed by atoms with van der Waals surface area (Å²) in [5.41, 5.74) is 4.07. The normalized spacial score (nSPS) is 10.6. The molecule has 1 N–H and O–H groups in total. The minimum Gasteiger partial charge on any atom is -0.494 e. The van der Waals surface area contributed by atoms with Crippen molar-refractivity contribution in [2.24, 2.45) is 5.10 Å². The van der Waals surface area contributed by atoms with Crippen LogP contribution in [0.4, 0.5) is 0 Å². The van der Waals surface area contributed by atoms with E-state index in [4.69, 9.17) is 18.9 Å². The van der Waals surface area contributed by atoms with Crippen molar-refractivity contribution in [2.45, 2.75) is 20.3 Å². The lowest BCUT2D eigenvalue weighted by Gasteiger charge is -2.10. The lowest BCUT2D eigenvalue weighted by molar-refractivity contribution is -0.120. The highest BCUT2D eigenvalue weighted by Gasteiger charge is 2.08. The summed E-state index contributed by atoms with van der Waals surface area (Å²) in [4.78, 5) is 12.2. The quantitative estimate of drug-likeness (QED) is 0.501. The van der Waals surface area contributed by atoms with Crippen LogP contribution >= 0.6 is 0 Å². The van der Waals surface area contributed by atoms with Gasteiger partial charge in [0.2, 0.25) is 5.91 Å². The van der Waals surface area contributed by atoms with Gasteiger partial charge in [-0.3, -0.25) is 4.79 Å². The van der Waals surface area contributed by atoms with Crippen LogP contribution in [0.25, 0.3) is 0 Å². The van der Waals surface area contributed by atoms with Crippen LogP contribution in [0, 0.1) is 0 Å². The number of nitrogens with zero attached hydrogens (tertiary/aromatic N) is 1. The molecule has 0 aromatic heterocycles. The first-order chi connectivity index (χ1) is 13.6. The van der Waals surface area contributed by atoms with Crippen LogP contribution < -0.4 is 24.4 Å². The van der Waals surface area contributed by atoms with E-state index in [9.17, 15) is 4.79 Å². The molecule has 2 aromatic rings. The van der Waals surface area contributed by atoms with E-state index in [0.717, 1.165) is 16.9 Å². The summed E-state index contributed by atoms with van der Waals surface area (Å²) in [6.45, 7) is 4.91. The van der Waals surface area contributed by atoms with Crippen molar-refractivity contribution in [3.8, 4) is 23.0 Å². The van der Waals surface area contributed by atoms with E-state index in [-0.39, 0.29) is 12.3 Å². The van der Waals surface area contributed by atoms with Crippen molar-refractivity contribution in [2.75, 3.05) is 27.4 Å².